The summed E-state index contributed by atoms with van der Waals surface area (Å²) in [6, 6.07) is 2.72. The Kier molecular flexibility index (Phi) is 5.31. The van der Waals surface area contributed by atoms with Crippen molar-refractivity contribution in [2.75, 3.05) is 17.1 Å². The van der Waals surface area contributed by atoms with Gasteiger partial charge in [-0.25, -0.2) is 13.2 Å². The number of hydrogen-bond donors (Lipinski definition) is 2. The molecule has 0 aliphatic carbocycles. The highest BCUT2D eigenvalue weighted by Gasteiger charge is 2.19. The summed E-state index contributed by atoms with van der Waals surface area (Å²) in [6.45, 7) is 4.96. The van der Waals surface area contributed by atoms with Gasteiger partial charge in [-0.15, -0.1) is 0 Å². The molecule has 0 saturated heterocycles. The molecule has 0 aliphatic rings. The average Bonchev–Trinajstić information content (AvgIpc) is 2.32. The van der Waals surface area contributed by atoms with Crippen LogP contribution in [0.1, 0.15) is 28.4 Å². The number of esters is 1. The lowest BCUT2D eigenvalue weighted by atomic mass is 10.0. The molecule has 1 aromatic carbocycles. The van der Waals surface area contributed by atoms with E-state index in [1.807, 2.05) is 0 Å². The molecule has 0 fully saturated rings. The van der Waals surface area contributed by atoms with E-state index in [0.29, 0.717) is 11.1 Å². The van der Waals surface area contributed by atoms with Crippen LogP contribution in [-0.4, -0.2) is 37.8 Å². The highest BCUT2D eigenvalue weighted by molar-refractivity contribution is 7.93. The number of carbonyl (C=O) groups excluding carboxylic acids is 1. The molecule has 0 aliphatic heterocycles. The lowest BCUT2D eigenvalue weighted by molar-refractivity contribution is -0.139. The molecule has 1 rings (SSSR count). The Hall–Kier alpha value is -2.09. The second-order valence-corrected chi connectivity index (χ2v) is 6.16. The predicted molar refractivity (Wildman–Crippen MR) is 76.9 cm³/mol. The quantitative estimate of drug-likeness (QED) is 0.766. The van der Waals surface area contributed by atoms with Gasteiger partial charge in [0.25, 0.3) is 0 Å². The largest absolute Gasteiger partial charge is 0.478 e. The van der Waals surface area contributed by atoms with Crippen LogP contribution >= 0.6 is 0 Å². The smallest absolute Gasteiger partial charge is 0.336 e. The van der Waals surface area contributed by atoms with Crippen LogP contribution in [0.5, 0.6) is 0 Å². The SMILES string of the molecule is CCOC(=O)CS(=O)(=O)Nc1cc(C)c(C)c(C(=O)O)c1. The van der Waals surface area contributed by atoms with Crippen molar-refractivity contribution < 1.29 is 27.9 Å². The molecule has 116 valence electrons. The first-order chi connectivity index (χ1) is 9.66. The topological polar surface area (TPSA) is 110 Å². The van der Waals surface area contributed by atoms with Crippen molar-refractivity contribution in [3.05, 3.63) is 28.8 Å². The molecule has 1 aromatic rings. The van der Waals surface area contributed by atoms with E-state index in [1.54, 1.807) is 20.8 Å². The molecule has 0 heterocycles. The number of ether oxygens (including phenoxy) is 1. The Morgan fingerprint density at radius 2 is 1.90 bits per heavy atom. The Balaban J connectivity index is 3.03. The van der Waals surface area contributed by atoms with Gasteiger partial charge < -0.3 is 9.84 Å². The fourth-order valence-corrected chi connectivity index (χ4v) is 2.66. The van der Waals surface area contributed by atoms with Crippen LogP contribution in [0.2, 0.25) is 0 Å². The second-order valence-electron chi connectivity index (χ2n) is 4.44. The molecule has 8 heteroatoms. The Morgan fingerprint density at radius 3 is 2.43 bits per heavy atom. The van der Waals surface area contributed by atoms with Crippen molar-refractivity contribution in [3.8, 4) is 0 Å². The fraction of sp³-hybridized carbons (Fsp3) is 0.385. The van der Waals surface area contributed by atoms with Gasteiger partial charge in [-0.3, -0.25) is 9.52 Å². The van der Waals surface area contributed by atoms with E-state index in [4.69, 9.17) is 5.11 Å². The summed E-state index contributed by atoms with van der Waals surface area (Å²) in [4.78, 5) is 22.3. The van der Waals surface area contributed by atoms with Crippen molar-refractivity contribution in [2.45, 2.75) is 20.8 Å². The highest BCUT2D eigenvalue weighted by atomic mass is 32.2. The molecule has 0 spiro atoms. The maximum Gasteiger partial charge on any atom is 0.336 e. The van der Waals surface area contributed by atoms with Crippen LogP contribution in [0, 0.1) is 13.8 Å². The minimum Gasteiger partial charge on any atom is -0.478 e. The maximum absolute atomic E-state index is 11.8. The highest BCUT2D eigenvalue weighted by Crippen LogP contribution is 2.21. The lowest BCUT2D eigenvalue weighted by Crippen LogP contribution is -2.24. The first-order valence-corrected chi connectivity index (χ1v) is 7.82. The monoisotopic (exact) mass is 315 g/mol. The van der Waals surface area contributed by atoms with Crippen molar-refractivity contribution in [1.29, 1.82) is 0 Å². The summed E-state index contributed by atoms with van der Waals surface area (Å²) in [5.74, 6) is -2.84. The summed E-state index contributed by atoms with van der Waals surface area (Å²) < 4.78 is 30.4. The average molecular weight is 315 g/mol. The molecule has 0 bridgehead atoms. The van der Waals surface area contributed by atoms with Gasteiger partial charge >= 0.3 is 11.9 Å². The van der Waals surface area contributed by atoms with E-state index in [9.17, 15) is 18.0 Å². The van der Waals surface area contributed by atoms with Gasteiger partial charge in [0.2, 0.25) is 10.0 Å². The molecule has 21 heavy (non-hydrogen) atoms. The number of rotatable bonds is 6. The third-order valence-corrected chi connectivity index (χ3v) is 3.95. The fourth-order valence-electron chi connectivity index (χ4n) is 1.71. The van der Waals surface area contributed by atoms with Crippen molar-refractivity contribution in [1.82, 2.24) is 0 Å². The van der Waals surface area contributed by atoms with Crippen LogP contribution in [0.3, 0.4) is 0 Å². The number of anilines is 1. The van der Waals surface area contributed by atoms with Gasteiger partial charge in [0, 0.05) is 5.69 Å². The molecule has 0 atom stereocenters. The first-order valence-electron chi connectivity index (χ1n) is 6.17. The molecule has 2 N–H and O–H groups in total. The zero-order valence-corrected chi connectivity index (χ0v) is 12.8. The maximum atomic E-state index is 11.8. The molecule has 0 unspecified atom stereocenters. The van der Waals surface area contributed by atoms with Crippen molar-refractivity contribution in [3.63, 3.8) is 0 Å². The normalized spacial score (nSPS) is 11.0. The van der Waals surface area contributed by atoms with Crippen LogP contribution in [-0.2, 0) is 19.6 Å². The molecule has 7 nitrogen and oxygen atoms in total. The number of benzene rings is 1. The minimum absolute atomic E-state index is 0.00355. The summed E-state index contributed by atoms with van der Waals surface area (Å²) in [5.41, 5.74) is 1.28. The van der Waals surface area contributed by atoms with Gasteiger partial charge in [-0.1, -0.05) is 0 Å². The van der Waals surface area contributed by atoms with E-state index in [-0.39, 0.29) is 17.9 Å². The zero-order chi connectivity index (χ0) is 16.2. The number of carboxylic acids is 1. The number of nitrogens with one attached hydrogen (secondary N) is 1. The summed E-state index contributed by atoms with van der Waals surface area (Å²) in [5, 5.41) is 9.08. The number of sulfonamides is 1. The van der Waals surface area contributed by atoms with Gasteiger partial charge in [-0.2, -0.15) is 0 Å². The van der Waals surface area contributed by atoms with Crippen LogP contribution in [0.15, 0.2) is 12.1 Å². The lowest BCUT2D eigenvalue weighted by Gasteiger charge is -2.11. The number of carboxylic acid groups (broad SMARTS) is 1. The Bertz CT molecular complexity index is 665. The van der Waals surface area contributed by atoms with E-state index >= 15 is 0 Å². The number of carbonyl (C=O) groups is 2. The van der Waals surface area contributed by atoms with Crippen molar-refractivity contribution in [2.24, 2.45) is 0 Å². The van der Waals surface area contributed by atoms with Gasteiger partial charge in [0.1, 0.15) is 0 Å². The molecular weight excluding hydrogens is 298 g/mol. The van der Waals surface area contributed by atoms with Crippen LogP contribution in [0.4, 0.5) is 5.69 Å². The van der Waals surface area contributed by atoms with Gasteiger partial charge in [0.15, 0.2) is 5.75 Å². The molecule has 0 radical (unpaired) electrons. The molecule has 0 amide bonds. The van der Waals surface area contributed by atoms with E-state index in [0.717, 1.165) is 0 Å². The standard InChI is InChI=1S/C13H17NO6S/c1-4-20-12(15)7-21(18,19)14-10-5-8(2)9(3)11(6-10)13(16)17/h5-6,14H,4,7H2,1-3H3,(H,16,17). The number of hydrogen-bond acceptors (Lipinski definition) is 5. The van der Waals surface area contributed by atoms with E-state index < -0.39 is 27.7 Å². The predicted octanol–water partition coefficient (Wildman–Crippen LogP) is 1.31. The van der Waals surface area contributed by atoms with Crippen LogP contribution in [0.25, 0.3) is 0 Å². The Morgan fingerprint density at radius 1 is 1.29 bits per heavy atom. The zero-order valence-electron chi connectivity index (χ0n) is 12.0. The minimum atomic E-state index is -3.95. The molecule has 0 aromatic heterocycles. The first kappa shape index (κ1) is 17.0. The summed E-state index contributed by atoms with van der Waals surface area (Å²) in [6.07, 6.45) is 0. The van der Waals surface area contributed by atoms with Gasteiger partial charge in [0.05, 0.1) is 12.2 Å². The van der Waals surface area contributed by atoms with Crippen molar-refractivity contribution >= 4 is 27.6 Å². The van der Waals surface area contributed by atoms with E-state index in [2.05, 4.69) is 9.46 Å². The molecule has 0 saturated carbocycles. The van der Waals surface area contributed by atoms with E-state index in [1.165, 1.54) is 12.1 Å². The molecular formula is C13H17NO6S. The second kappa shape index (κ2) is 6.57. The third-order valence-electron chi connectivity index (χ3n) is 2.78. The number of aromatic carboxylic acids is 1. The number of aryl methyl sites for hydroxylation is 1. The van der Waals surface area contributed by atoms with Crippen LogP contribution < -0.4 is 4.72 Å². The Labute approximate surface area is 123 Å². The third kappa shape index (κ3) is 4.75. The summed E-state index contributed by atoms with van der Waals surface area (Å²) in [7, 11) is -3.95. The summed E-state index contributed by atoms with van der Waals surface area (Å²) >= 11 is 0. The van der Waals surface area contributed by atoms with Gasteiger partial charge in [-0.05, 0) is 44.0 Å².